The number of hydrogen-bond donors (Lipinski definition) is 2. The smallest absolute Gasteiger partial charge is 0.109 e. The van der Waals surface area contributed by atoms with Crippen molar-refractivity contribution in [1.29, 1.82) is 0 Å². The van der Waals surface area contributed by atoms with E-state index < -0.39 is 12.2 Å². The quantitative estimate of drug-likeness (QED) is 0.824. The van der Waals surface area contributed by atoms with Crippen molar-refractivity contribution in [2.24, 2.45) is 0 Å². The van der Waals surface area contributed by atoms with Gasteiger partial charge in [0, 0.05) is 0 Å². The monoisotopic (exact) mass is 214 g/mol. The summed E-state index contributed by atoms with van der Waals surface area (Å²) in [5.74, 6) is 0. The van der Waals surface area contributed by atoms with Crippen LogP contribution >= 0.6 is 0 Å². The number of benzene rings is 2. The Kier molecular flexibility index (Phi) is 3.34. The average molecular weight is 214 g/mol. The van der Waals surface area contributed by atoms with Crippen LogP contribution in [0.1, 0.15) is 23.3 Å². The summed E-state index contributed by atoms with van der Waals surface area (Å²) < 4.78 is 0. The zero-order valence-electron chi connectivity index (χ0n) is 8.82. The lowest BCUT2D eigenvalue weighted by molar-refractivity contribution is 0.0172. The zero-order chi connectivity index (χ0) is 11.4. The van der Waals surface area contributed by atoms with Crippen LogP contribution < -0.4 is 0 Å². The topological polar surface area (TPSA) is 40.5 Å². The molecular weight excluding hydrogens is 200 g/mol. The molecule has 0 aliphatic rings. The molecule has 2 nitrogen and oxygen atoms in total. The average Bonchev–Trinajstić information content (AvgIpc) is 2.39. The Morgan fingerprint density at radius 3 is 1.19 bits per heavy atom. The van der Waals surface area contributed by atoms with Crippen molar-refractivity contribution in [3.63, 3.8) is 0 Å². The van der Waals surface area contributed by atoms with E-state index in [4.69, 9.17) is 0 Å². The van der Waals surface area contributed by atoms with E-state index in [0.29, 0.717) is 0 Å². The minimum Gasteiger partial charge on any atom is -0.385 e. The Morgan fingerprint density at radius 2 is 0.875 bits per heavy atom. The van der Waals surface area contributed by atoms with Crippen molar-refractivity contribution >= 4 is 0 Å². The third kappa shape index (κ3) is 2.30. The van der Waals surface area contributed by atoms with Gasteiger partial charge in [-0.25, -0.2) is 0 Å². The maximum Gasteiger partial charge on any atom is 0.109 e. The molecule has 16 heavy (non-hydrogen) atoms. The largest absolute Gasteiger partial charge is 0.385 e. The fraction of sp³-hybridized carbons (Fsp3) is 0.143. The van der Waals surface area contributed by atoms with E-state index >= 15 is 0 Å². The molecule has 0 bridgehead atoms. The molecule has 2 heteroatoms. The van der Waals surface area contributed by atoms with Crippen LogP contribution in [0.5, 0.6) is 0 Å². The summed E-state index contributed by atoms with van der Waals surface area (Å²) in [7, 11) is 0. The maximum absolute atomic E-state index is 9.99. The molecule has 0 heterocycles. The van der Waals surface area contributed by atoms with E-state index in [2.05, 4.69) is 0 Å². The van der Waals surface area contributed by atoms with Gasteiger partial charge in [0.1, 0.15) is 12.2 Å². The Balaban J connectivity index is 2.20. The van der Waals surface area contributed by atoms with E-state index in [1.54, 1.807) is 24.3 Å². The molecule has 0 aromatic heterocycles. The number of aliphatic hydroxyl groups excluding tert-OH is 2. The molecule has 0 saturated carbocycles. The second-order valence-corrected chi connectivity index (χ2v) is 3.71. The lowest BCUT2D eigenvalue weighted by Gasteiger charge is -2.18. The highest BCUT2D eigenvalue weighted by Crippen LogP contribution is 2.27. The lowest BCUT2D eigenvalue weighted by Crippen LogP contribution is -2.09. The van der Waals surface area contributed by atoms with Gasteiger partial charge >= 0.3 is 0 Å². The third-order valence-corrected chi connectivity index (χ3v) is 2.58. The Bertz CT molecular complexity index is 382. The molecular formula is C14H14O2. The zero-order valence-corrected chi connectivity index (χ0v) is 8.82. The molecule has 2 N–H and O–H groups in total. The molecule has 0 fully saturated rings. The highest BCUT2D eigenvalue weighted by Gasteiger charge is 2.19. The summed E-state index contributed by atoms with van der Waals surface area (Å²) in [6, 6.07) is 18.3. The van der Waals surface area contributed by atoms with Crippen LogP contribution in [0.3, 0.4) is 0 Å². The molecule has 1 unspecified atom stereocenters. The number of aliphatic hydroxyl groups is 2. The first-order valence-corrected chi connectivity index (χ1v) is 5.25. The highest BCUT2D eigenvalue weighted by molar-refractivity contribution is 5.24. The molecule has 0 amide bonds. The molecule has 2 rings (SSSR count). The number of hydrogen-bond acceptors (Lipinski definition) is 2. The predicted octanol–water partition coefficient (Wildman–Crippen LogP) is 2.45. The van der Waals surface area contributed by atoms with Crippen molar-refractivity contribution in [1.82, 2.24) is 0 Å². The Hall–Kier alpha value is -1.64. The molecule has 0 saturated heterocycles. The highest BCUT2D eigenvalue weighted by atomic mass is 16.3. The summed E-state index contributed by atoms with van der Waals surface area (Å²) in [6.45, 7) is 0. The van der Waals surface area contributed by atoms with Crippen molar-refractivity contribution in [3.8, 4) is 0 Å². The summed E-state index contributed by atoms with van der Waals surface area (Å²) in [4.78, 5) is 0. The minimum atomic E-state index is -0.886. The Labute approximate surface area is 94.8 Å². The Morgan fingerprint density at radius 1 is 0.562 bits per heavy atom. The van der Waals surface area contributed by atoms with Crippen molar-refractivity contribution < 1.29 is 10.2 Å². The van der Waals surface area contributed by atoms with Gasteiger partial charge in [-0.1, -0.05) is 60.7 Å². The second kappa shape index (κ2) is 4.92. The van der Waals surface area contributed by atoms with Gasteiger partial charge in [-0.2, -0.15) is 0 Å². The fourth-order valence-electron chi connectivity index (χ4n) is 1.67. The second-order valence-electron chi connectivity index (χ2n) is 3.71. The molecule has 0 spiro atoms. The summed E-state index contributed by atoms with van der Waals surface area (Å²) in [5.41, 5.74) is 1.44. The molecule has 2 atom stereocenters. The van der Waals surface area contributed by atoms with Gasteiger partial charge in [-0.05, 0) is 11.1 Å². The van der Waals surface area contributed by atoms with E-state index in [0.717, 1.165) is 11.1 Å². The van der Waals surface area contributed by atoms with Crippen molar-refractivity contribution in [2.75, 3.05) is 0 Å². The van der Waals surface area contributed by atoms with Gasteiger partial charge in [0.25, 0.3) is 0 Å². The van der Waals surface area contributed by atoms with Crippen molar-refractivity contribution in [3.05, 3.63) is 71.8 Å². The summed E-state index contributed by atoms with van der Waals surface area (Å²) in [5, 5.41) is 20.0. The minimum absolute atomic E-state index is 0.721. The molecule has 82 valence electrons. The standard InChI is InChI=1S/C14H14O2/c15-13(11-7-3-1-4-8-11)14(16)12-9-5-2-6-10-12/h1-10,13-16H/t13-,14?/m1/s1. The van der Waals surface area contributed by atoms with Crippen LogP contribution in [0.2, 0.25) is 0 Å². The predicted molar refractivity (Wildman–Crippen MR) is 62.8 cm³/mol. The van der Waals surface area contributed by atoms with Gasteiger partial charge < -0.3 is 10.2 Å². The lowest BCUT2D eigenvalue weighted by atomic mass is 9.99. The maximum atomic E-state index is 9.99. The fourth-order valence-corrected chi connectivity index (χ4v) is 1.67. The van der Waals surface area contributed by atoms with Crippen LogP contribution in [0.4, 0.5) is 0 Å². The van der Waals surface area contributed by atoms with E-state index in [1.807, 2.05) is 36.4 Å². The molecule has 0 aliphatic carbocycles. The SMILES string of the molecule is OC(c1ccccc1)[C@H](O)c1ccccc1. The van der Waals surface area contributed by atoms with Gasteiger partial charge in [-0.3, -0.25) is 0 Å². The van der Waals surface area contributed by atoms with E-state index in [1.165, 1.54) is 0 Å². The molecule has 2 aromatic carbocycles. The number of rotatable bonds is 3. The first-order valence-electron chi connectivity index (χ1n) is 5.25. The first kappa shape index (κ1) is 10.9. The van der Waals surface area contributed by atoms with Crippen LogP contribution in [-0.4, -0.2) is 10.2 Å². The summed E-state index contributed by atoms with van der Waals surface area (Å²) in [6.07, 6.45) is -1.77. The van der Waals surface area contributed by atoms with Crippen LogP contribution in [-0.2, 0) is 0 Å². The summed E-state index contributed by atoms with van der Waals surface area (Å²) >= 11 is 0. The van der Waals surface area contributed by atoms with E-state index in [9.17, 15) is 10.2 Å². The van der Waals surface area contributed by atoms with Crippen molar-refractivity contribution in [2.45, 2.75) is 12.2 Å². The van der Waals surface area contributed by atoms with Gasteiger partial charge in [-0.15, -0.1) is 0 Å². The van der Waals surface area contributed by atoms with Gasteiger partial charge in [0.05, 0.1) is 0 Å². The van der Waals surface area contributed by atoms with Crippen LogP contribution in [0, 0.1) is 0 Å². The first-order chi connectivity index (χ1) is 7.79. The van der Waals surface area contributed by atoms with Crippen LogP contribution in [0.15, 0.2) is 60.7 Å². The molecule has 0 radical (unpaired) electrons. The van der Waals surface area contributed by atoms with E-state index in [-0.39, 0.29) is 0 Å². The third-order valence-electron chi connectivity index (χ3n) is 2.58. The van der Waals surface area contributed by atoms with Gasteiger partial charge in [0.2, 0.25) is 0 Å². The van der Waals surface area contributed by atoms with Gasteiger partial charge in [0.15, 0.2) is 0 Å². The molecule has 2 aromatic rings. The molecule has 0 aliphatic heterocycles. The normalized spacial score (nSPS) is 14.4. The van der Waals surface area contributed by atoms with Crippen LogP contribution in [0.25, 0.3) is 0 Å².